The first kappa shape index (κ1) is 18.2. The smallest absolute Gasteiger partial charge is 0.410 e. The first-order valence-corrected chi connectivity index (χ1v) is 7.70. The van der Waals surface area contributed by atoms with Crippen LogP contribution in [0.3, 0.4) is 0 Å². The summed E-state index contributed by atoms with van der Waals surface area (Å²) in [6.45, 7) is 10.9. The Morgan fingerprint density at radius 1 is 1.23 bits per heavy atom. The number of aryl methyl sites for hydroxylation is 2. The van der Waals surface area contributed by atoms with E-state index in [9.17, 15) is 9.59 Å². The van der Waals surface area contributed by atoms with Crippen LogP contribution in [0, 0.1) is 13.8 Å². The Kier molecular flexibility index (Phi) is 6.59. The highest BCUT2D eigenvalue weighted by atomic mass is 16.6. The highest BCUT2D eigenvalue weighted by molar-refractivity contribution is 5.68. The van der Waals surface area contributed by atoms with Gasteiger partial charge in [-0.25, -0.2) is 4.79 Å². The zero-order valence-electron chi connectivity index (χ0n) is 14.2. The van der Waals surface area contributed by atoms with Gasteiger partial charge in [0.25, 0.3) is 5.56 Å². The van der Waals surface area contributed by atoms with Crippen LogP contribution in [-0.2, 0) is 4.74 Å². The summed E-state index contributed by atoms with van der Waals surface area (Å²) >= 11 is 0. The third-order valence-corrected chi connectivity index (χ3v) is 3.09. The molecule has 1 N–H and O–H groups in total. The van der Waals surface area contributed by atoms with Crippen molar-refractivity contribution in [1.82, 2.24) is 14.9 Å². The van der Waals surface area contributed by atoms with Gasteiger partial charge in [0.2, 0.25) is 0 Å². The summed E-state index contributed by atoms with van der Waals surface area (Å²) in [5.41, 5.74) is 0.886. The molecule has 124 valence electrons. The molecule has 1 fully saturated rings. The molecule has 1 aliphatic rings. The van der Waals surface area contributed by atoms with Crippen molar-refractivity contribution >= 4 is 6.09 Å². The Hall–Kier alpha value is -1.85. The fourth-order valence-corrected chi connectivity index (χ4v) is 2.02. The lowest BCUT2D eigenvalue weighted by molar-refractivity contribution is 0.0216. The Balaban J connectivity index is 0.000000235. The molecule has 0 aliphatic carbocycles. The summed E-state index contributed by atoms with van der Waals surface area (Å²) in [6.07, 6.45) is 4.89. The van der Waals surface area contributed by atoms with Gasteiger partial charge < -0.3 is 14.6 Å². The van der Waals surface area contributed by atoms with E-state index in [2.05, 4.69) is 9.97 Å². The minimum Gasteiger partial charge on any atom is -0.444 e. The normalized spacial score (nSPS) is 14.9. The van der Waals surface area contributed by atoms with Crippen molar-refractivity contribution in [2.45, 2.75) is 59.5 Å². The first-order chi connectivity index (χ1) is 10.2. The average Bonchev–Trinajstić information content (AvgIpc) is 2.43. The second kappa shape index (κ2) is 7.96. The number of likely N-dealkylation sites (tertiary alicyclic amines) is 1. The number of H-pyrrole nitrogens is 1. The topological polar surface area (TPSA) is 75.3 Å². The van der Waals surface area contributed by atoms with Gasteiger partial charge in [-0.3, -0.25) is 9.78 Å². The van der Waals surface area contributed by atoms with Gasteiger partial charge in [-0.05, 0) is 53.9 Å². The lowest BCUT2D eigenvalue weighted by Crippen LogP contribution is -2.39. The summed E-state index contributed by atoms with van der Waals surface area (Å²) in [6, 6.07) is 0. The second-order valence-corrected chi connectivity index (χ2v) is 6.48. The fraction of sp³-hybridized carbons (Fsp3) is 0.688. The van der Waals surface area contributed by atoms with Crippen molar-refractivity contribution in [2.75, 3.05) is 13.1 Å². The molecule has 6 nitrogen and oxygen atoms in total. The number of aromatic amines is 1. The lowest BCUT2D eigenvalue weighted by Gasteiger charge is -2.29. The fourth-order valence-electron chi connectivity index (χ4n) is 2.02. The van der Waals surface area contributed by atoms with Gasteiger partial charge in [-0.2, -0.15) is 0 Å². The first-order valence-electron chi connectivity index (χ1n) is 7.70. The van der Waals surface area contributed by atoms with Crippen LogP contribution in [0.5, 0.6) is 0 Å². The number of carbonyl (C=O) groups is 1. The van der Waals surface area contributed by atoms with Crippen LogP contribution in [0.4, 0.5) is 4.79 Å². The van der Waals surface area contributed by atoms with E-state index in [4.69, 9.17) is 4.74 Å². The quantitative estimate of drug-likeness (QED) is 0.799. The number of piperidine rings is 1. The highest BCUT2D eigenvalue weighted by Gasteiger charge is 2.22. The number of ether oxygens (including phenoxy) is 1. The highest BCUT2D eigenvalue weighted by Crippen LogP contribution is 2.14. The van der Waals surface area contributed by atoms with Crippen molar-refractivity contribution < 1.29 is 9.53 Å². The molecule has 0 radical (unpaired) electrons. The minimum absolute atomic E-state index is 0.111. The van der Waals surface area contributed by atoms with E-state index in [1.165, 1.54) is 6.42 Å². The zero-order chi connectivity index (χ0) is 16.8. The van der Waals surface area contributed by atoms with Crippen molar-refractivity contribution in [3.63, 3.8) is 0 Å². The van der Waals surface area contributed by atoms with Gasteiger partial charge >= 0.3 is 6.09 Å². The molecule has 1 aromatic rings. The number of nitrogens with one attached hydrogen (secondary N) is 1. The lowest BCUT2D eigenvalue weighted by atomic mass is 10.1. The SMILES string of the molecule is CC(C)(C)OC(=O)N1CCCCC1.Cc1c[nH]c(=O)c(C)n1. The zero-order valence-corrected chi connectivity index (χ0v) is 14.2. The molecule has 2 heterocycles. The summed E-state index contributed by atoms with van der Waals surface area (Å²) in [5, 5.41) is 0. The molecule has 0 atom stereocenters. The van der Waals surface area contributed by atoms with Crippen LogP contribution in [-0.4, -0.2) is 39.7 Å². The molecule has 0 saturated carbocycles. The van der Waals surface area contributed by atoms with Crippen LogP contribution < -0.4 is 5.56 Å². The Morgan fingerprint density at radius 2 is 1.82 bits per heavy atom. The number of rotatable bonds is 0. The predicted molar refractivity (Wildman–Crippen MR) is 86.0 cm³/mol. The summed E-state index contributed by atoms with van der Waals surface area (Å²) in [5.74, 6) is 0. The average molecular weight is 309 g/mol. The molecular formula is C16H27N3O3. The molecule has 22 heavy (non-hydrogen) atoms. The van der Waals surface area contributed by atoms with Crippen molar-refractivity contribution in [3.8, 4) is 0 Å². The van der Waals surface area contributed by atoms with Crippen LogP contribution in [0.25, 0.3) is 0 Å². The molecule has 0 aromatic carbocycles. The largest absolute Gasteiger partial charge is 0.444 e. The number of hydrogen-bond donors (Lipinski definition) is 1. The Morgan fingerprint density at radius 3 is 2.27 bits per heavy atom. The standard InChI is InChI=1S/C10H19NO2.C6H8N2O/c1-10(2,3)13-9(12)11-7-5-4-6-8-11;1-4-3-7-6(9)5(2)8-4/h4-8H2,1-3H3;3H,1-2H3,(H,7,9). The van der Waals surface area contributed by atoms with Crippen molar-refractivity contribution in [3.05, 3.63) is 27.9 Å². The van der Waals surface area contributed by atoms with E-state index in [0.29, 0.717) is 5.69 Å². The van der Waals surface area contributed by atoms with E-state index in [0.717, 1.165) is 31.6 Å². The van der Waals surface area contributed by atoms with Crippen LogP contribution >= 0.6 is 0 Å². The number of aromatic nitrogens is 2. The molecule has 1 aliphatic heterocycles. The van der Waals surface area contributed by atoms with E-state index in [-0.39, 0.29) is 17.3 Å². The number of hydrogen-bond acceptors (Lipinski definition) is 4. The number of nitrogens with zero attached hydrogens (tertiary/aromatic N) is 2. The Bertz CT molecular complexity index is 540. The van der Waals surface area contributed by atoms with Crippen LogP contribution in [0.2, 0.25) is 0 Å². The second-order valence-electron chi connectivity index (χ2n) is 6.48. The molecule has 1 amide bonds. The maximum atomic E-state index is 11.5. The summed E-state index contributed by atoms with van der Waals surface area (Å²) < 4.78 is 5.26. The Labute approximate surface area is 131 Å². The van der Waals surface area contributed by atoms with Gasteiger partial charge in [0.05, 0.1) is 5.69 Å². The third-order valence-electron chi connectivity index (χ3n) is 3.09. The molecule has 1 saturated heterocycles. The van der Waals surface area contributed by atoms with E-state index < -0.39 is 0 Å². The van der Waals surface area contributed by atoms with E-state index >= 15 is 0 Å². The monoisotopic (exact) mass is 309 g/mol. The van der Waals surface area contributed by atoms with Crippen LogP contribution in [0.15, 0.2) is 11.0 Å². The maximum absolute atomic E-state index is 11.5. The predicted octanol–water partition coefficient (Wildman–Crippen LogP) is 2.79. The number of carbonyl (C=O) groups excluding carboxylic acids is 1. The van der Waals surface area contributed by atoms with Gasteiger partial charge in [0, 0.05) is 19.3 Å². The molecule has 0 unspecified atom stereocenters. The molecule has 0 bridgehead atoms. The van der Waals surface area contributed by atoms with Gasteiger partial charge in [0.15, 0.2) is 0 Å². The van der Waals surface area contributed by atoms with E-state index in [1.54, 1.807) is 18.0 Å². The van der Waals surface area contributed by atoms with Crippen LogP contribution in [0.1, 0.15) is 51.4 Å². The van der Waals surface area contributed by atoms with Crippen molar-refractivity contribution in [2.24, 2.45) is 0 Å². The van der Waals surface area contributed by atoms with Gasteiger partial charge in [-0.1, -0.05) is 0 Å². The molecule has 1 aromatic heterocycles. The maximum Gasteiger partial charge on any atom is 0.410 e. The molecule has 6 heteroatoms. The minimum atomic E-state index is -0.367. The van der Waals surface area contributed by atoms with Crippen molar-refractivity contribution in [1.29, 1.82) is 0 Å². The number of amides is 1. The van der Waals surface area contributed by atoms with E-state index in [1.807, 2.05) is 27.7 Å². The summed E-state index contributed by atoms with van der Waals surface area (Å²) in [7, 11) is 0. The third kappa shape index (κ3) is 6.74. The summed E-state index contributed by atoms with van der Waals surface area (Å²) in [4.78, 5) is 30.5. The molecular weight excluding hydrogens is 282 g/mol. The molecule has 2 rings (SSSR count). The molecule has 0 spiro atoms. The van der Waals surface area contributed by atoms with Gasteiger partial charge in [0.1, 0.15) is 11.3 Å². The van der Waals surface area contributed by atoms with Gasteiger partial charge in [-0.15, -0.1) is 0 Å².